The summed E-state index contributed by atoms with van der Waals surface area (Å²) in [5, 5.41) is 2.65. The maximum Gasteiger partial charge on any atom is 0.340 e. The predicted molar refractivity (Wildman–Crippen MR) is 114 cm³/mol. The number of carbonyl (C=O) groups excluding carboxylic acids is 2. The number of para-hydroxylation sites is 1. The number of aryl methyl sites for hydroxylation is 1. The van der Waals surface area contributed by atoms with Crippen molar-refractivity contribution in [2.24, 2.45) is 0 Å². The van der Waals surface area contributed by atoms with Gasteiger partial charge in [0, 0.05) is 0 Å². The third-order valence-corrected chi connectivity index (χ3v) is 5.61. The number of rotatable bonds is 8. The van der Waals surface area contributed by atoms with E-state index in [1.807, 2.05) is 19.1 Å². The second-order valence-electron chi connectivity index (χ2n) is 6.51. The number of carbonyl (C=O) groups is 2. The van der Waals surface area contributed by atoms with Gasteiger partial charge in [-0.2, -0.15) is 0 Å². The zero-order valence-corrected chi connectivity index (χ0v) is 17.8. The van der Waals surface area contributed by atoms with Crippen LogP contribution in [-0.2, 0) is 26.0 Å². The molecule has 156 valence electrons. The van der Waals surface area contributed by atoms with Gasteiger partial charge in [-0.25, -0.2) is 13.2 Å². The van der Waals surface area contributed by atoms with Crippen LogP contribution in [0.1, 0.15) is 36.7 Å². The third-order valence-electron chi connectivity index (χ3n) is 4.37. The molecule has 0 saturated heterocycles. The molecule has 29 heavy (non-hydrogen) atoms. The summed E-state index contributed by atoms with van der Waals surface area (Å²) in [6, 6.07) is 12.4. The molecule has 7 nitrogen and oxygen atoms in total. The maximum absolute atomic E-state index is 12.9. The molecule has 0 heterocycles. The van der Waals surface area contributed by atoms with Gasteiger partial charge in [0.2, 0.25) is 15.9 Å². The van der Waals surface area contributed by atoms with Gasteiger partial charge in [-0.15, -0.1) is 0 Å². The van der Waals surface area contributed by atoms with E-state index in [2.05, 4.69) is 5.32 Å². The molecule has 1 atom stereocenters. The summed E-state index contributed by atoms with van der Waals surface area (Å²) in [7, 11) is -3.73. The second kappa shape index (κ2) is 9.56. The van der Waals surface area contributed by atoms with E-state index in [1.165, 1.54) is 13.0 Å². The molecule has 1 N–H and O–H groups in total. The second-order valence-corrected chi connectivity index (χ2v) is 8.37. The van der Waals surface area contributed by atoms with Crippen LogP contribution in [0.3, 0.4) is 0 Å². The fourth-order valence-corrected chi connectivity index (χ4v) is 4.08. The summed E-state index contributed by atoms with van der Waals surface area (Å²) >= 11 is 0. The van der Waals surface area contributed by atoms with E-state index in [9.17, 15) is 18.0 Å². The first-order chi connectivity index (χ1) is 13.7. The van der Waals surface area contributed by atoms with E-state index in [1.54, 1.807) is 37.3 Å². The number of benzene rings is 2. The molecule has 1 unspecified atom stereocenters. The van der Waals surface area contributed by atoms with Crippen molar-refractivity contribution in [2.75, 3.05) is 22.5 Å². The monoisotopic (exact) mass is 418 g/mol. The van der Waals surface area contributed by atoms with Crippen molar-refractivity contribution < 1.29 is 22.7 Å². The molecule has 1 amide bonds. The molecular weight excluding hydrogens is 392 g/mol. The lowest BCUT2D eigenvalue weighted by molar-refractivity contribution is -0.116. The highest BCUT2D eigenvalue weighted by Crippen LogP contribution is 2.23. The smallest absolute Gasteiger partial charge is 0.340 e. The molecule has 2 aromatic rings. The highest BCUT2D eigenvalue weighted by atomic mass is 32.2. The summed E-state index contributed by atoms with van der Waals surface area (Å²) in [5.74, 6) is -1.13. The number of anilines is 2. The van der Waals surface area contributed by atoms with Crippen LogP contribution in [-0.4, -0.2) is 39.2 Å². The van der Waals surface area contributed by atoms with E-state index < -0.39 is 27.9 Å². The first-order valence-corrected chi connectivity index (χ1v) is 11.2. The van der Waals surface area contributed by atoms with Gasteiger partial charge in [-0.1, -0.05) is 31.2 Å². The first-order valence-electron chi connectivity index (χ1n) is 9.34. The van der Waals surface area contributed by atoms with Crippen molar-refractivity contribution >= 4 is 33.3 Å². The van der Waals surface area contributed by atoms with Gasteiger partial charge in [-0.05, 0) is 50.1 Å². The summed E-state index contributed by atoms with van der Waals surface area (Å²) in [5.41, 5.74) is 1.92. The molecule has 0 spiro atoms. The summed E-state index contributed by atoms with van der Waals surface area (Å²) < 4.78 is 30.9. The fraction of sp³-hybridized carbons (Fsp3) is 0.333. The molecule has 0 aliphatic carbocycles. The van der Waals surface area contributed by atoms with E-state index in [-0.39, 0.29) is 17.9 Å². The lowest BCUT2D eigenvalue weighted by Gasteiger charge is -2.28. The summed E-state index contributed by atoms with van der Waals surface area (Å²) in [4.78, 5) is 25.0. The Morgan fingerprint density at radius 3 is 2.24 bits per heavy atom. The highest BCUT2D eigenvalue weighted by Gasteiger charge is 2.29. The van der Waals surface area contributed by atoms with Crippen LogP contribution >= 0.6 is 0 Å². The molecule has 0 saturated carbocycles. The predicted octanol–water partition coefficient (Wildman–Crippen LogP) is 3.22. The van der Waals surface area contributed by atoms with Crippen molar-refractivity contribution in [3.63, 3.8) is 0 Å². The van der Waals surface area contributed by atoms with Crippen molar-refractivity contribution in [3.8, 4) is 0 Å². The number of nitrogens with one attached hydrogen (secondary N) is 1. The van der Waals surface area contributed by atoms with Gasteiger partial charge >= 0.3 is 5.97 Å². The van der Waals surface area contributed by atoms with E-state index >= 15 is 0 Å². The number of ether oxygens (including phenoxy) is 1. The van der Waals surface area contributed by atoms with Crippen LogP contribution in [0.25, 0.3) is 0 Å². The normalized spacial score (nSPS) is 12.1. The molecule has 0 aromatic heterocycles. The lowest BCUT2D eigenvalue weighted by atomic mass is 10.1. The molecule has 2 rings (SSSR count). The molecule has 0 aliphatic heterocycles. The fourth-order valence-electron chi connectivity index (χ4n) is 2.90. The zero-order valence-electron chi connectivity index (χ0n) is 17.0. The van der Waals surface area contributed by atoms with E-state index in [4.69, 9.17) is 4.74 Å². The largest absolute Gasteiger partial charge is 0.462 e. The Balaban J connectivity index is 2.32. The van der Waals surface area contributed by atoms with Crippen LogP contribution < -0.4 is 9.62 Å². The zero-order chi connectivity index (χ0) is 21.6. The highest BCUT2D eigenvalue weighted by molar-refractivity contribution is 7.92. The van der Waals surface area contributed by atoms with Gasteiger partial charge in [0.25, 0.3) is 0 Å². The Kier molecular flexibility index (Phi) is 7.39. The van der Waals surface area contributed by atoms with Gasteiger partial charge in [0.1, 0.15) is 6.04 Å². The average molecular weight is 419 g/mol. The van der Waals surface area contributed by atoms with Crippen LogP contribution in [0.15, 0.2) is 48.5 Å². The Labute approximate surface area is 171 Å². The minimum absolute atomic E-state index is 0.202. The number of nitrogens with zero attached hydrogens (tertiary/aromatic N) is 1. The molecule has 8 heteroatoms. The van der Waals surface area contributed by atoms with E-state index in [0.717, 1.165) is 22.5 Å². The molecule has 0 radical (unpaired) electrons. The van der Waals surface area contributed by atoms with Crippen LogP contribution in [0, 0.1) is 0 Å². The lowest BCUT2D eigenvalue weighted by Crippen LogP contribution is -2.45. The number of hydrogen-bond donors (Lipinski definition) is 1. The number of sulfonamides is 1. The topological polar surface area (TPSA) is 92.8 Å². The minimum Gasteiger partial charge on any atom is -0.462 e. The quantitative estimate of drug-likeness (QED) is 0.665. The standard InChI is InChI=1S/C21H26N2O5S/c1-5-16-11-13-17(14-12-16)23(29(4,26)27)15(3)20(24)22-19-10-8-7-9-18(19)21(25)28-6-2/h7-15H,5-6H2,1-4H3,(H,22,24). The van der Waals surface area contributed by atoms with Crippen molar-refractivity contribution in [3.05, 3.63) is 59.7 Å². The van der Waals surface area contributed by atoms with Gasteiger partial charge in [0.05, 0.1) is 29.8 Å². The first kappa shape index (κ1) is 22.4. The molecule has 0 fully saturated rings. The molecule has 2 aromatic carbocycles. The van der Waals surface area contributed by atoms with Crippen LogP contribution in [0.4, 0.5) is 11.4 Å². The van der Waals surface area contributed by atoms with Gasteiger partial charge in [-0.3, -0.25) is 9.10 Å². The molecular formula is C21H26N2O5S. The summed E-state index contributed by atoms with van der Waals surface area (Å²) in [6.45, 7) is 5.39. The number of hydrogen-bond acceptors (Lipinski definition) is 5. The van der Waals surface area contributed by atoms with Crippen LogP contribution in [0.5, 0.6) is 0 Å². The average Bonchev–Trinajstić information content (AvgIpc) is 2.68. The van der Waals surface area contributed by atoms with E-state index in [0.29, 0.717) is 5.69 Å². The number of amides is 1. The summed E-state index contributed by atoms with van der Waals surface area (Å²) in [6.07, 6.45) is 1.87. The van der Waals surface area contributed by atoms with Crippen molar-refractivity contribution in [1.29, 1.82) is 0 Å². The van der Waals surface area contributed by atoms with Crippen molar-refractivity contribution in [2.45, 2.75) is 33.2 Å². The van der Waals surface area contributed by atoms with Gasteiger partial charge in [0.15, 0.2) is 0 Å². The SMILES string of the molecule is CCOC(=O)c1ccccc1NC(=O)C(C)N(c1ccc(CC)cc1)S(C)(=O)=O. The Bertz CT molecular complexity index is 971. The maximum atomic E-state index is 12.9. The van der Waals surface area contributed by atoms with Crippen LogP contribution in [0.2, 0.25) is 0 Å². The Hall–Kier alpha value is -2.87. The third kappa shape index (κ3) is 5.57. The molecule has 0 bridgehead atoms. The van der Waals surface area contributed by atoms with Gasteiger partial charge < -0.3 is 10.1 Å². The molecule has 0 aliphatic rings. The Morgan fingerprint density at radius 2 is 1.69 bits per heavy atom. The van der Waals surface area contributed by atoms with Crippen molar-refractivity contribution in [1.82, 2.24) is 0 Å². The Morgan fingerprint density at radius 1 is 1.07 bits per heavy atom. The minimum atomic E-state index is -3.73. The number of esters is 1.